The van der Waals surface area contributed by atoms with Crippen molar-refractivity contribution in [1.29, 1.82) is 0 Å². The van der Waals surface area contributed by atoms with E-state index in [9.17, 15) is 9.59 Å². The van der Waals surface area contributed by atoms with Crippen LogP contribution in [0.4, 0.5) is 5.69 Å². The summed E-state index contributed by atoms with van der Waals surface area (Å²) in [7, 11) is 0. The first-order valence-electron chi connectivity index (χ1n) is 7.93. The molecule has 124 valence electrons. The van der Waals surface area contributed by atoms with Crippen LogP contribution in [0.5, 0.6) is 5.75 Å². The third-order valence-electron chi connectivity index (χ3n) is 4.27. The number of carbonyl (C=O) groups is 2. The predicted molar refractivity (Wildman–Crippen MR) is 89.7 cm³/mol. The molecule has 1 amide bonds. The molecule has 5 nitrogen and oxygen atoms in total. The van der Waals surface area contributed by atoms with Gasteiger partial charge in [-0.1, -0.05) is 36.4 Å². The van der Waals surface area contributed by atoms with Crippen molar-refractivity contribution >= 4 is 17.6 Å². The molecule has 2 aromatic carbocycles. The highest BCUT2D eigenvalue weighted by atomic mass is 16.5. The molecule has 3 rings (SSSR count). The highest BCUT2D eigenvalue weighted by Crippen LogP contribution is 2.35. The summed E-state index contributed by atoms with van der Waals surface area (Å²) in [5.41, 5.74) is 1.58. The molecule has 1 saturated carbocycles. The smallest absolute Gasteiger partial charge is 0.306 e. The van der Waals surface area contributed by atoms with Gasteiger partial charge in [0.2, 0.25) is 5.91 Å². The lowest BCUT2D eigenvalue weighted by atomic mass is 9.74. The van der Waals surface area contributed by atoms with E-state index in [1.165, 1.54) is 0 Å². The van der Waals surface area contributed by atoms with Crippen LogP contribution in [-0.2, 0) is 16.2 Å². The minimum Gasteiger partial charge on any atom is -0.489 e. The Morgan fingerprint density at radius 3 is 2.38 bits per heavy atom. The summed E-state index contributed by atoms with van der Waals surface area (Å²) in [5.74, 6) is -0.802. The Kier molecular flexibility index (Phi) is 4.79. The fourth-order valence-corrected chi connectivity index (χ4v) is 2.71. The second kappa shape index (κ2) is 7.17. The molecular formula is C19H19NO4. The van der Waals surface area contributed by atoms with Gasteiger partial charge in [-0.05, 0) is 31.0 Å². The van der Waals surface area contributed by atoms with E-state index in [2.05, 4.69) is 5.32 Å². The third-order valence-corrected chi connectivity index (χ3v) is 4.27. The van der Waals surface area contributed by atoms with E-state index < -0.39 is 11.9 Å². The first-order valence-corrected chi connectivity index (χ1v) is 7.93. The van der Waals surface area contributed by atoms with E-state index in [1.54, 1.807) is 0 Å². The number of rotatable bonds is 6. The molecule has 0 unspecified atom stereocenters. The maximum Gasteiger partial charge on any atom is 0.306 e. The summed E-state index contributed by atoms with van der Waals surface area (Å²) in [6.07, 6.45) is 0.813. The van der Waals surface area contributed by atoms with Crippen LogP contribution in [0.15, 0.2) is 54.6 Å². The van der Waals surface area contributed by atoms with Gasteiger partial charge in [-0.3, -0.25) is 9.59 Å². The average Bonchev–Trinajstić information content (AvgIpc) is 2.53. The predicted octanol–water partition coefficient (Wildman–Crippen LogP) is 3.31. The Hall–Kier alpha value is -2.82. The third kappa shape index (κ3) is 3.74. The van der Waals surface area contributed by atoms with Gasteiger partial charge in [0.05, 0.1) is 5.92 Å². The van der Waals surface area contributed by atoms with Gasteiger partial charge in [0.1, 0.15) is 12.4 Å². The average molecular weight is 325 g/mol. The summed E-state index contributed by atoms with van der Waals surface area (Å²) in [4.78, 5) is 23.1. The minimum atomic E-state index is -0.823. The number of amides is 1. The second-order valence-corrected chi connectivity index (χ2v) is 5.95. The molecular weight excluding hydrogens is 306 g/mol. The normalized spacial score (nSPS) is 19.2. The SMILES string of the molecule is O=C(O)C1CC(C(=O)Nc2ccccc2COc2ccccc2)C1. The molecule has 1 aliphatic rings. The monoisotopic (exact) mass is 325 g/mol. The zero-order valence-electron chi connectivity index (χ0n) is 13.1. The van der Waals surface area contributed by atoms with Crippen LogP contribution in [-0.4, -0.2) is 17.0 Å². The standard InChI is InChI=1S/C19H19NO4/c21-18(14-10-15(11-14)19(22)23)20-17-9-5-4-6-13(17)12-24-16-7-2-1-3-8-16/h1-9,14-15H,10-12H2,(H,20,21)(H,22,23). The van der Waals surface area contributed by atoms with Gasteiger partial charge < -0.3 is 15.2 Å². The fourth-order valence-electron chi connectivity index (χ4n) is 2.71. The van der Waals surface area contributed by atoms with E-state index >= 15 is 0 Å². The molecule has 0 atom stereocenters. The number of nitrogens with one attached hydrogen (secondary N) is 1. The van der Waals surface area contributed by atoms with Crippen molar-refractivity contribution in [2.75, 3.05) is 5.32 Å². The van der Waals surface area contributed by atoms with Gasteiger partial charge in [-0.15, -0.1) is 0 Å². The van der Waals surface area contributed by atoms with Gasteiger partial charge in [0.25, 0.3) is 0 Å². The first kappa shape index (κ1) is 16.1. The van der Waals surface area contributed by atoms with Crippen molar-refractivity contribution in [1.82, 2.24) is 0 Å². The largest absolute Gasteiger partial charge is 0.489 e. The Morgan fingerprint density at radius 1 is 1.00 bits per heavy atom. The van der Waals surface area contributed by atoms with E-state index in [4.69, 9.17) is 9.84 Å². The molecule has 0 aromatic heterocycles. The number of aliphatic carboxylic acids is 1. The molecule has 1 fully saturated rings. The van der Waals surface area contributed by atoms with Crippen LogP contribution in [0.3, 0.4) is 0 Å². The van der Waals surface area contributed by atoms with E-state index in [1.807, 2.05) is 54.6 Å². The van der Waals surface area contributed by atoms with Gasteiger partial charge >= 0.3 is 5.97 Å². The van der Waals surface area contributed by atoms with Crippen LogP contribution in [0.2, 0.25) is 0 Å². The number of carboxylic acid groups (broad SMARTS) is 1. The van der Waals surface area contributed by atoms with Crippen LogP contribution in [0.25, 0.3) is 0 Å². The molecule has 24 heavy (non-hydrogen) atoms. The summed E-state index contributed by atoms with van der Waals surface area (Å²) in [5, 5.41) is 11.8. The zero-order chi connectivity index (χ0) is 16.9. The van der Waals surface area contributed by atoms with Crippen LogP contribution in [0, 0.1) is 11.8 Å². The molecule has 0 heterocycles. The van der Waals surface area contributed by atoms with Crippen molar-refractivity contribution in [3.63, 3.8) is 0 Å². The maximum atomic E-state index is 12.2. The van der Waals surface area contributed by atoms with Crippen molar-refractivity contribution in [3.8, 4) is 5.75 Å². The molecule has 0 spiro atoms. The topological polar surface area (TPSA) is 75.6 Å². The summed E-state index contributed by atoms with van der Waals surface area (Å²) >= 11 is 0. The summed E-state index contributed by atoms with van der Waals surface area (Å²) in [6.45, 7) is 0.350. The number of para-hydroxylation sites is 2. The Labute approximate surface area is 140 Å². The van der Waals surface area contributed by atoms with Gasteiger partial charge in [-0.2, -0.15) is 0 Å². The van der Waals surface area contributed by atoms with Crippen LogP contribution in [0.1, 0.15) is 18.4 Å². The van der Waals surface area contributed by atoms with E-state index in [-0.39, 0.29) is 11.8 Å². The molecule has 0 bridgehead atoms. The number of hydrogen-bond donors (Lipinski definition) is 2. The number of anilines is 1. The Morgan fingerprint density at radius 2 is 1.67 bits per heavy atom. The molecule has 2 N–H and O–H groups in total. The van der Waals surface area contributed by atoms with Gasteiger partial charge in [0.15, 0.2) is 0 Å². The lowest BCUT2D eigenvalue weighted by Crippen LogP contribution is -2.38. The lowest BCUT2D eigenvalue weighted by Gasteiger charge is -2.31. The highest BCUT2D eigenvalue weighted by Gasteiger charge is 2.38. The van der Waals surface area contributed by atoms with Crippen molar-refractivity contribution in [3.05, 3.63) is 60.2 Å². The Bertz CT molecular complexity index is 723. The Balaban J connectivity index is 1.60. The van der Waals surface area contributed by atoms with Crippen LogP contribution >= 0.6 is 0 Å². The number of hydrogen-bond acceptors (Lipinski definition) is 3. The molecule has 0 radical (unpaired) electrons. The van der Waals surface area contributed by atoms with Crippen molar-refractivity contribution in [2.45, 2.75) is 19.4 Å². The summed E-state index contributed by atoms with van der Waals surface area (Å²) in [6, 6.07) is 16.9. The van der Waals surface area contributed by atoms with E-state index in [0.717, 1.165) is 11.3 Å². The highest BCUT2D eigenvalue weighted by molar-refractivity contribution is 5.94. The molecule has 1 aliphatic carbocycles. The quantitative estimate of drug-likeness (QED) is 0.854. The molecule has 5 heteroatoms. The molecule has 0 aliphatic heterocycles. The number of ether oxygens (including phenoxy) is 1. The van der Waals surface area contributed by atoms with Crippen LogP contribution < -0.4 is 10.1 Å². The second-order valence-electron chi connectivity index (χ2n) is 5.95. The minimum absolute atomic E-state index is 0.125. The van der Waals surface area contributed by atoms with Gasteiger partial charge in [0, 0.05) is 17.2 Å². The van der Waals surface area contributed by atoms with Crippen molar-refractivity contribution < 1.29 is 19.4 Å². The number of carbonyl (C=O) groups excluding carboxylic acids is 1. The first-order chi connectivity index (χ1) is 11.6. The molecule has 0 saturated heterocycles. The number of benzene rings is 2. The zero-order valence-corrected chi connectivity index (χ0v) is 13.1. The van der Waals surface area contributed by atoms with E-state index in [0.29, 0.717) is 25.1 Å². The fraction of sp³-hybridized carbons (Fsp3) is 0.263. The molecule has 2 aromatic rings. The van der Waals surface area contributed by atoms with Gasteiger partial charge in [-0.25, -0.2) is 0 Å². The lowest BCUT2D eigenvalue weighted by molar-refractivity contribution is -0.147. The van der Waals surface area contributed by atoms with Crippen molar-refractivity contribution in [2.24, 2.45) is 11.8 Å². The maximum absolute atomic E-state index is 12.2. The number of carboxylic acids is 1. The summed E-state index contributed by atoms with van der Waals surface area (Å²) < 4.78 is 5.73.